The highest BCUT2D eigenvalue weighted by Gasteiger charge is 2.18. The van der Waals surface area contributed by atoms with Crippen molar-refractivity contribution in [3.05, 3.63) is 76.1 Å². The summed E-state index contributed by atoms with van der Waals surface area (Å²) < 4.78 is 0. The van der Waals surface area contributed by atoms with Crippen LogP contribution < -0.4 is 10.5 Å². The zero-order valence-corrected chi connectivity index (χ0v) is 12.6. The van der Waals surface area contributed by atoms with Crippen LogP contribution in [0.5, 0.6) is 0 Å². The van der Waals surface area contributed by atoms with E-state index in [1.807, 2.05) is 36.4 Å². The number of H-pyrrole nitrogens is 1. The van der Waals surface area contributed by atoms with Crippen LogP contribution in [0, 0.1) is 0 Å². The molecule has 0 fully saturated rings. The summed E-state index contributed by atoms with van der Waals surface area (Å²) in [5.74, 6) is 0.532. The van der Waals surface area contributed by atoms with Crippen molar-refractivity contribution in [1.82, 2.24) is 15.2 Å². The molecular formula is C18H16N4O. The van der Waals surface area contributed by atoms with Crippen molar-refractivity contribution < 1.29 is 0 Å². The number of aromatic amines is 1. The van der Waals surface area contributed by atoms with E-state index in [0.717, 1.165) is 25.1 Å². The number of nitrogens with zero attached hydrogens (tertiary/aromatic N) is 3. The lowest BCUT2D eigenvalue weighted by Gasteiger charge is -2.28. The molecule has 2 heterocycles. The van der Waals surface area contributed by atoms with Crippen molar-refractivity contribution in [3.63, 3.8) is 0 Å². The Morgan fingerprint density at radius 1 is 0.913 bits per heavy atom. The Morgan fingerprint density at radius 3 is 2.43 bits per heavy atom. The minimum atomic E-state index is -0.208. The van der Waals surface area contributed by atoms with E-state index in [-0.39, 0.29) is 5.56 Å². The first kappa shape index (κ1) is 13.7. The Hall–Kier alpha value is -2.95. The third kappa shape index (κ3) is 2.61. The van der Waals surface area contributed by atoms with E-state index in [0.29, 0.717) is 11.6 Å². The fourth-order valence-electron chi connectivity index (χ4n) is 2.93. The predicted molar refractivity (Wildman–Crippen MR) is 89.3 cm³/mol. The summed E-state index contributed by atoms with van der Waals surface area (Å²) in [5.41, 5.74) is 3.55. The standard InChI is InChI=1S/C18H16N4O/c23-17-16(14-7-2-1-3-8-14)20-21-18(19-17)22-11-10-13-6-4-5-9-15(13)12-22/h1-9H,10-12H2,(H,19,21,23). The summed E-state index contributed by atoms with van der Waals surface area (Å²) in [7, 11) is 0. The van der Waals surface area contributed by atoms with Crippen LogP contribution in [0.2, 0.25) is 0 Å². The molecule has 0 atom stereocenters. The molecule has 114 valence electrons. The first-order valence-corrected chi connectivity index (χ1v) is 7.65. The zero-order chi connectivity index (χ0) is 15.6. The number of rotatable bonds is 2. The molecule has 0 aliphatic carbocycles. The van der Waals surface area contributed by atoms with Gasteiger partial charge in [0.15, 0.2) is 5.69 Å². The van der Waals surface area contributed by atoms with Gasteiger partial charge in [0.1, 0.15) is 0 Å². The van der Waals surface area contributed by atoms with Crippen LogP contribution in [0.4, 0.5) is 5.95 Å². The molecule has 4 rings (SSSR count). The molecule has 5 nitrogen and oxygen atoms in total. The number of benzene rings is 2. The van der Waals surface area contributed by atoms with Crippen molar-refractivity contribution in [1.29, 1.82) is 0 Å². The average molecular weight is 304 g/mol. The smallest absolute Gasteiger partial charge is 0.279 e. The second-order valence-electron chi connectivity index (χ2n) is 5.63. The molecule has 23 heavy (non-hydrogen) atoms. The van der Waals surface area contributed by atoms with Crippen molar-refractivity contribution in [2.75, 3.05) is 11.4 Å². The molecule has 2 aromatic carbocycles. The van der Waals surface area contributed by atoms with Crippen LogP contribution in [0.3, 0.4) is 0 Å². The SMILES string of the molecule is O=c1[nH]c(N2CCc3ccccc3C2)nnc1-c1ccccc1. The average Bonchev–Trinajstić information content (AvgIpc) is 2.62. The molecule has 0 unspecified atom stereocenters. The fraction of sp³-hybridized carbons (Fsp3) is 0.167. The molecule has 0 amide bonds. The molecule has 1 aliphatic rings. The molecule has 1 aromatic heterocycles. The molecule has 1 aliphatic heterocycles. The van der Waals surface area contributed by atoms with Crippen LogP contribution >= 0.6 is 0 Å². The van der Waals surface area contributed by atoms with Gasteiger partial charge in [-0.05, 0) is 17.5 Å². The lowest BCUT2D eigenvalue weighted by Crippen LogP contribution is -2.33. The number of hydrogen-bond donors (Lipinski definition) is 1. The largest absolute Gasteiger partial charge is 0.336 e. The van der Waals surface area contributed by atoms with E-state index >= 15 is 0 Å². The van der Waals surface area contributed by atoms with Gasteiger partial charge in [-0.15, -0.1) is 10.2 Å². The van der Waals surface area contributed by atoms with Gasteiger partial charge in [0.05, 0.1) is 0 Å². The normalized spacial score (nSPS) is 13.7. The number of fused-ring (bicyclic) bond motifs is 1. The minimum absolute atomic E-state index is 0.208. The van der Waals surface area contributed by atoms with Crippen molar-refractivity contribution in [3.8, 4) is 11.3 Å². The first-order valence-electron chi connectivity index (χ1n) is 7.65. The maximum absolute atomic E-state index is 12.3. The van der Waals surface area contributed by atoms with Gasteiger partial charge in [0.2, 0.25) is 5.95 Å². The van der Waals surface area contributed by atoms with Crippen molar-refractivity contribution in [2.24, 2.45) is 0 Å². The lowest BCUT2D eigenvalue weighted by molar-refractivity contribution is 0.695. The predicted octanol–water partition coefficient (Wildman–Crippen LogP) is 2.39. The molecule has 5 heteroatoms. The Balaban J connectivity index is 1.64. The van der Waals surface area contributed by atoms with Gasteiger partial charge in [0, 0.05) is 18.7 Å². The number of anilines is 1. The minimum Gasteiger partial charge on any atom is -0.336 e. The van der Waals surface area contributed by atoms with Crippen molar-refractivity contribution >= 4 is 5.95 Å². The maximum atomic E-state index is 12.3. The molecule has 0 saturated heterocycles. The van der Waals surface area contributed by atoms with Gasteiger partial charge in [-0.3, -0.25) is 9.78 Å². The van der Waals surface area contributed by atoms with Crippen LogP contribution in [0.15, 0.2) is 59.4 Å². The van der Waals surface area contributed by atoms with Crippen LogP contribution in [0.1, 0.15) is 11.1 Å². The third-order valence-electron chi connectivity index (χ3n) is 4.16. The summed E-state index contributed by atoms with van der Waals surface area (Å²) in [6.07, 6.45) is 0.945. The van der Waals surface area contributed by atoms with Crippen LogP contribution in [0.25, 0.3) is 11.3 Å². The zero-order valence-electron chi connectivity index (χ0n) is 12.6. The Morgan fingerprint density at radius 2 is 1.65 bits per heavy atom. The van der Waals surface area contributed by atoms with E-state index in [1.54, 1.807) is 0 Å². The molecule has 0 radical (unpaired) electrons. The molecule has 1 N–H and O–H groups in total. The van der Waals surface area contributed by atoms with Gasteiger partial charge in [-0.1, -0.05) is 54.6 Å². The quantitative estimate of drug-likeness (QED) is 0.789. The highest BCUT2D eigenvalue weighted by molar-refractivity contribution is 5.57. The van der Waals surface area contributed by atoms with Gasteiger partial charge >= 0.3 is 0 Å². The molecule has 0 spiro atoms. The summed E-state index contributed by atoms with van der Waals surface area (Å²) in [4.78, 5) is 17.3. The lowest BCUT2D eigenvalue weighted by atomic mass is 10.0. The Bertz CT molecular complexity index is 889. The second kappa shape index (κ2) is 5.68. The topological polar surface area (TPSA) is 61.9 Å². The summed E-state index contributed by atoms with van der Waals surface area (Å²) in [6, 6.07) is 17.7. The molecule has 0 saturated carbocycles. The molecular weight excluding hydrogens is 288 g/mol. The van der Waals surface area contributed by atoms with Gasteiger partial charge in [-0.25, -0.2) is 0 Å². The monoisotopic (exact) mass is 304 g/mol. The summed E-state index contributed by atoms with van der Waals surface area (Å²) in [5, 5.41) is 8.38. The number of nitrogens with one attached hydrogen (secondary N) is 1. The summed E-state index contributed by atoms with van der Waals surface area (Å²) in [6.45, 7) is 1.57. The van der Waals surface area contributed by atoms with E-state index in [4.69, 9.17) is 0 Å². The second-order valence-corrected chi connectivity index (χ2v) is 5.63. The van der Waals surface area contributed by atoms with E-state index in [2.05, 4.69) is 38.3 Å². The van der Waals surface area contributed by atoms with Gasteiger partial charge in [0.25, 0.3) is 5.56 Å². The number of aromatic nitrogens is 3. The van der Waals surface area contributed by atoms with E-state index in [1.165, 1.54) is 11.1 Å². The highest BCUT2D eigenvalue weighted by Crippen LogP contribution is 2.21. The Kier molecular flexibility index (Phi) is 3.38. The molecule has 3 aromatic rings. The Labute approximate surface area is 133 Å². The van der Waals surface area contributed by atoms with Gasteiger partial charge < -0.3 is 4.90 Å². The van der Waals surface area contributed by atoms with Crippen molar-refractivity contribution in [2.45, 2.75) is 13.0 Å². The van der Waals surface area contributed by atoms with E-state index < -0.39 is 0 Å². The first-order chi connectivity index (χ1) is 11.3. The van der Waals surface area contributed by atoms with E-state index in [9.17, 15) is 4.79 Å². The fourth-order valence-corrected chi connectivity index (χ4v) is 2.93. The maximum Gasteiger partial charge on any atom is 0.279 e. The van der Waals surface area contributed by atoms with Crippen LogP contribution in [-0.2, 0) is 13.0 Å². The third-order valence-corrected chi connectivity index (χ3v) is 4.16. The van der Waals surface area contributed by atoms with Crippen LogP contribution in [-0.4, -0.2) is 21.7 Å². The molecule has 0 bridgehead atoms. The number of hydrogen-bond acceptors (Lipinski definition) is 4. The highest BCUT2D eigenvalue weighted by atomic mass is 16.1. The summed E-state index contributed by atoms with van der Waals surface area (Å²) >= 11 is 0. The van der Waals surface area contributed by atoms with Gasteiger partial charge in [-0.2, -0.15) is 0 Å².